The van der Waals surface area contributed by atoms with Gasteiger partial charge in [0.15, 0.2) is 0 Å². The molecule has 1 aromatic heterocycles. The molecule has 28 heavy (non-hydrogen) atoms. The maximum Gasteiger partial charge on any atom is 0.311 e. The molecule has 1 saturated heterocycles. The Bertz CT molecular complexity index is 907. The molecule has 1 aliphatic carbocycles. The summed E-state index contributed by atoms with van der Waals surface area (Å²) in [6.45, 7) is 2.04. The molecule has 6 nitrogen and oxygen atoms in total. The number of aliphatic hydroxyl groups excluding tert-OH is 1. The number of carbonyl (C=O) groups is 1. The number of aromatic amines is 1. The number of hydrogen-bond donors (Lipinski definition) is 2. The number of aliphatic hydroxyl groups is 1. The minimum Gasteiger partial charge on any atom is -0.497 e. The molecule has 5 atom stereocenters. The number of aromatic nitrogens is 1. The first-order chi connectivity index (χ1) is 13.6. The molecule has 0 radical (unpaired) electrons. The second-order valence-electron chi connectivity index (χ2n) is 8.54. The van der Waals surface area contributed by atoms with E-state index in [1.807, 2.05) is 6.07 Å². The Morgan fingerprint density at radius 1 is 1.29 bits per heavy atom. The Labute approximate surface area is 164 Å². The van der Waals surface area contributed by atoms with Gasteiger partial charge in [-0.15, -0.1) is 0 Å². The van der Waals surface area contributed by atoms with Gasteiger partial charge in [-0.1, -0.05) is 0 Å². The third kappa shape index (κ3) is 2.65. The second-order valence-corrected chi connectivity index (χ2v) is 8.54. The van der Waals surface area contributed by atoms with Gasteiger partial charge in [0.05, 0.1) is 32.3 Å². The Hall–Kier alpha value is -2.05. The highest BCUT2D eigenvalue weighted by Gasteiger charge is 2.49. The highest BCUT2D eigenvalue weighted by Crippen LogP contribution is 2.49. The zero-order valence-electron chi connectivity index (χ0n) is 16.5. The van der Waals surface area contributed by atoms with Crippen molar-refractivity contribution >= 4 is 16.9 Å². The van der Waals surface area contributed by atoms with E-state index in [2.05, 4.69) is 22.0 Å². The first kappa shape index (κ1) is 18.0. The maximum atomic E-state index is 12.4. The highest BCUT2D eigenvalue weighted by molar-refractivity contribution is 5.86. The van der Waals surface area contributed by atoms with E-state index in [1.54, 1.807) is 7.11 Å². The Balaban J connectivity index is 1.52. The van der Waals surface area contributed by atoms with E-state index in [4.69, 9.17) is 9.47 Å². The number of piperidine rings is 1. The van der Waals surface area contributed by atoms with Gasteiger partial charge in [-0.3, -0.25) is 9.69 Å². The van der Waals surface area contributed by atoms with Crippen molar-refractivity contribution in [3.8, 4) is 5.75 Å². The largest absolute Gasteiger partial charge is 0.497 e. The minimum atomic E-state index is -0.588. The minimum absolute atomic E-state index is 0.171. The molecule has 3 aliphatic rings. The summed E-state index contributed by atoms with van der Waals surface area (Å²) in [6.07, 6.45) is 3.02. The molecular weight excluding hydrogens is 356 g/mol. The van der Waals surface area contributed by atoms with Crippen LogP contribution in [0.25, 0.3) is 10.9 Å². The average Bonchev–Trinajstić information content (AvgIpc) is 3.10. The molecule has 0 spiro atoms. The average molecular weight is 384 g/mol. The first-order valence-electron chi connectivity index (χ1n) is 10.3. The van der Waals surface area contributed by atoms with Crippen LogP contribution in [0.2, 0.25) is 0 Å². The lowest BCUT2D eigenvalue weighted by atomic mass is 9.65. The molecule has 0 bridgehead atoms. The number of fused-ring (bicyclic) bond motifs is 6. The lowest BCUT2D eigenvalue weighted by Crippen LogP contribution is -2.53. The van der Waals surface area contributed by atoms with Gasteiger partial charge in [0.2, 0.25) is 0 Å². The first-order valence-corrected chi connectivity index (χ1v) is 10.3. The van der Waals surface area contributed by atoms with E-state index in [0.717, 1.165) is 43.6 Å². The van der Waals surface area contributed by atoms with Crippen molar-refractivity contribution in [2.75, 3.05) is 27.3 Å². The quantitative estimate of drug-likeness (QED) is 0.779. The fourth-order valence-corrected chi connectivity index (χ4v) is 5.97. The number of carbonyl (C=O) groups excluding carboxylic acids is 1. The molecule has 150 valence electrons. The van der Waals surface area contributed by atoms with Gasteiger partial charge in [0, 0.05) is 35.8 Å². The van der Waals surface area contributed by atoms with Crippen LogP contribution >= 0.6 is 0 Å². The number of nitrogens with zero attached hydrogens (tertiary/aromatic N) is 1. The number of benzene rings is 1. The van der Waals surface area contributed by atoms with Gasteiger partial charge in [-0.25, -0.2) is 0 Å². The lowest BCUT2D eigenvalue weighted by molar-refractivity contribution is -0.160. The van der Waals surface area contributed by atoms with Crippen LogP contribution in [0.15, 0.2) is 18.2 Å². The third-order valence-corrected chi connectivity index (χ3v) is 7.32. The van der Waals surface area contributed by atoms with Crippen LogP contribution in [0.1, 0.15) is 36.6 Å². The Kier molecular flexibility index (Phi) is 4.36. The predicted molar refractivity (Wildman–Crippen MR) is 105 cm³/mol. The van der Waals surface area contributed by atoms with Crippen molar-refractivity contribution in [1.29, 1.82) is 0 Å². The molecule has 1 aromatic carbocycles. The van der Waals surface area contributed by atoms with E-state index in [9.17, 15) is 9.90 Å². The van der Waals surface area contributed by atoms with E-state index >= 15 is 0 Å². The van der Waals surface area contributed by atoms with E-state index < -0.39 is 12.0 Å². The molecule has 6 heteroatoms. The third-order valence-electron chi connectivity index (χ3n) is 7.32. The van der Waals surface area contributed by atoms with Crippen LogP contribution < -0.4 is 4.74 Å². The normalized spacial score (nSPS) is 32.3. The number of hydrogen-bond acceptors (Lipinski definition) is 5. The summed E-state index contributed by atoms with van der Waals surface area (Å²) in [6, 6.07) is 6.49. The van der Waals surface area contributed by atoms with Crippen LogP contribution in [0.5, 0.6) is 5.75 Å². The van der Waals surface area contributed by atoms with Crippen LogP contribution in [0.3, 0.4) is 0 Å². The van der Waals surface area contributed by atoms with Gasteiger partial charge in [-0.2, -0.15) is 0 Å². The summed E-state index contributed by atoms with van der Waals surface area (Å²) in [7, 11) is 3.12. The van der Waals surface area contributed by atoms with E-state index in [1.165, 1.54) is 23.8 Å². The van der Waals surface area contributed by atoms with E-state index in [-0.39, 0.29) is 17.9 Å². The number of rotatable bonds is 2. The molecule has 2 aromatic rings. The molecule has 2 fully saturated rings. The SMILES string of the molecule is COC(=O)[C@H]1[C@H]2C[C@H]3c4[nH]c5cc(OC)ccc5c4CCN3C[C@H]2CC[C@H]1O. The summed E-state index contributed by atoms with van der Waals surface area (Å²) in [5, 5.41) is 11.8. The smallest absolute Gasteiger partial charge is 0.311 e. The number of H-pyrrole nitrogens is 1. The topological polar surface area (TPSA) is 74.8 Å². The Morgan fingerprint density at radius 3 is 2.93 bits per heavy atom. The molecule has 0 amide bonds. The number of ether oxygens (including phenoxy) is 2. The van der Waals surface area contributed by atoms with Crippen molar-refractivity contribution in [1.82, 2.24) is 9.88 Å². The van der Waals surface area contributed by atoms with Crippen molar-refractivity contribution in [3.05, 3.63) is 29.5 Å². The standard InChI is InChI=1S/C22H28N2O4/c1-27-13-4-5-14-15-7-8-24-11-12-3-6-19(25)20(22(26)28-2)16(12)10-18(24)21(15)23-17(14)9-13/h4-5,9,12,16,18-20,23,25H,3,6-8,10-11H2,1-2H3/t12-,16+,18+,19-,20+/m1/s1. The fourth-order valence-electron chi connectivity index (χ4n) is 5.97. The van der Waals surface area contributed by atoms with Crippen LogP contribution in [0.4, 0.5) is 0 Å². The summed E-state index contributed by atoms with van der Waals surface area (Å²) in [5.41, 5.74) is 3.78. The second kappa shape index (κ2) is 6.78. The predicted octanol–water partition coefficient (Wildman–Crippen LogP) is 2.66. The molecular formula is C22H28N2O4. The number of esters is 1. The zero-order chi connectivity index (χ0) is 19.4. The summed E-state index contributed by atoms with van der Waals surface area (Å²) >= 11 is 0. The van der Waals surface area contributed by atoms with Gasteiger partial charge in [-0.05, 0) is 55.2 Å². The lowest BCUT2D eigenvalue weighted by Gasteiger charge is -2.50. The van der Waals surface area contributed by atoms with Crippen molar-refractivity contribution in [2.24, 2.45) is 17.8 Å². The summed E-state index contributed by atoms with van der Waals surface area (Å²) < 4.78 is 10.4. The molecule has 3 heterocycles. The van der Waals surface area contributed by atoms with Gasteiger partial charge in [0.1, 0.15) is 5.75 Å². The summed E-state index contributed by atoms with van der Waals surface area (Å²) in [4.78, 5) is 18.7. The molecule has 2 N–H and O–H groups in total. The van der Waals surface area contributed by atoms with Crippen molar-refractivity contribution in [2.45, 2.75) is 37.8 Å². The van der Waals surface area contributed by atoms with Crippen molar-refractivity contribution in [3.63, 3.8) is 0 Å². The van der Waals surface area contributed by atoms with Crippen LogP contribution in [-0.2, 0) is 16.0 Å². The molecule has 1 saturated carbocycles. The monoisotopic (exact) mass is 384 g/mol. The molecule has 0 unspecified atom stereocenters. The maximum absolute atomic E-state index is 12.4. The molecule has 2 aliphatic heterocycles. The van der Waals surface area contributed by atoms with E-state index in [0.29, 0.717) is 12.3 Å². The number of methoxy groups -OCH3 is 2. The van der Waals surface area contributed by atoms with Gasteiger partial charge < -0.3 is 19.6 Å². The highest BCUT2D eigenvalue weighted by atomic mass is 16.5. The Morgan fingerprint density at radius 2 is 2.14 bits per heavy atom. The van der Waals surface area contributed by atoms with Crippen molar-refractivity contribution < 1.29 is 19.4 Å². The zero-order valence-corrected chi connectivity index (χ0v) is 16.5. The number of nitrogens with one attached hydrogen (secondary N) is 1. The summed E-state index contributed by atoms with van der Waals surface area (Å²) in [5.74, 6) is 0.820. The van der Waals surface area contributed by atoms with Crippen LogP contribution in [-0.4, -0.2) is 54.4 Å². The van der Waals surface area contributed by atoms with Crippen LogP contribution in [0, 0.1) is 17.8 Å². The van der Waals surface area contributed by atoms with Gasteiger partial charge in [0.25, 0.3) is 0 Å². The van der Waals surface area contributed by atoms with Gasteiger partial charge >= 0.3 is 5.97 Å². The molecule has 5 rings (SSSR count). The fraction of sp³-hybridized carbons (Fsp3) is 0.591.